The lowest BCUT2D eigenvalue weighted by molar-refractivity contribution is -0.132. The molecule has 1 atom stereocenters. The van der Waals surface area contributed by atoms with Gasteiger partial charge in [0.1, 0.15) is 23.0 Å². The molecular weight excluding hydrogens is 496 g/mol. The minimum absolute atomic E-state index is 0.0476. The third-order valence-corrected chi connectivity index (χ3v) is 5.93. The van der Waals surface area contributed by atoms with Crippen LogP contribution >= 0.6 is 0 Å². The Hall–Kier alpha value is -4.40. The Bertz CT molecular complexity index is 1400. The predicted octanol–water partition coefficient (Wildman–Crippen LogP) is 5.79. The fourth-order valence-electron chi connectivity index (χ4n) is 4.36. The van der Waals surface area contributed by atoms with Crippen LogP contribution in [0.4, 0.5) is 14.5 Å². The van der Waals surface area contributed by atoms with Gasteiger partial charge >= 0.3 is 0 Å². The lowest BCUT2D eigenvalue weighted by Crippen LogP contribution is -2.29. The minimum atomic E-state index is -1.18. The first-order chi connectivity index (χ1) is 18.3. The summed E-state index contributed by atoms with van der Waals surface area (Å²) in [5, 5.41) is 11.5. The van der Waals surface area contributed by atoms with Gasteiger partial charge in [0.05, 0.1) is 37.0 Å². The number of hydrogen-bond donors (Lipinski definition) is 1. The average Bonchev–Trinajstić information content (AvgIpc) is 3.16. The van der Waals surface area contributed by atoms with Gasteiger partial charge in [-0.1, -0.05) is 12.1 Å². The van der Waals surface area contributed by atoms with Gasteiger partial charge in [-0.3, -0.25) is 14.5 Å². The van der Waals surface area contributed by atoms with Crippen LogP contribution in [0.15, 0.2) is 66.2 Å². The van der Waals surface area contributed by atoms with Crippen molar-refractivity contribution in [3.05, 3.63) is 89.0 Å². The van der Waals surface area contributed by atoms with Gasteiger partial charge in [0.25, 0.3) is 11.7 Å². The quantitative estimate of drug-likeness (QED) is 0.217. The monoisotopic (exact) mass is 523 g/mol. The van der Waals surface area contributed by atoms with Gasteiger partial charge in [-0.25, -0.2) is 8.78 Å². The number of aliphatic hydroxyl groups is 1. The second-order valence-electron chi connectivity index (χ2n) is 8.30. The maximum atomic E-state index is 14.2. The number of hydrogen-bond acceptors (Lipinski definition) is 6. The summed E-state index contributed by atoms with van der Waals surface area (Å²) >= 11 is 0. The van der Waals surface area contributed by atoms with E-state index in [1.54, 1.807) is 50.2 Å². The van der Waals surface area contributed by atoms with Crippen molar-refractivity contribution in [2.24, 2.45) is 0 Å². The summed E-state index contributed by atoms with van der Waals surface area (Å²) in [5.74, 6) is -3.55. The van der Waals surface area contributed by atoms with Crippen LogP contribution in [0.25, 0.3) is 5.76 Å². The van der Waals surface area contributed by atoms with E-state index in [2.05, 4.69) is 0 Å². The number of ether oxygens (including phenoxy) is 3. The summed E-state index contributed by atoms with van der Waals surface area (Å²) in [6.45, 7) is 6.44. The molecular formula is C29H27F2NO6. The molecule has 0 spiro atoms. The number of nitrogens with zero attached hydrogens (tertiary/aromatic N) is 1. The van der Waals surface area contributed by atoms with E-state index in [-0.39, 0.29) is 29.2 Å². The molecule has 0 saturated carbocycles. The number of benzene rings is 3. The molecule has 0 bridgehead atoms. The molecule has 4 rings (SSSR count). The first kappa shape index (κ1) is 26.7. The van der Waals surface area contributed by atoms with E-state index in [0.29, 0.717) is 30.3 Å². The fraction of sp³-hybridized carbons (Fsp3) is 0.241. The standard InChI is InChI=1S/C29H27F2NO6/c1-4-36-19-9-7-8-17(14-19)26-25(27(33)21-12-11-20(37-5-2)16-24(21)38-6-3)28(34)29(35)32(26)18-10-13-22(30)23(31)15-18/h7-16,26,33H,4-6H2,1-3H3/b27-25+. The first-order valence-electron chi connectivity index (χ1n) is 12.2. The molecule has 9 heteroatoms. The van der Waals surface area contributed by atoms with Gasteiger partial charge in [-0.2, -0.15) is 0 Å². The molecule has 3 aromatic rings. The van der Waals surface area contributed by atoms with Crippen molar-refractivity contribution in [1.82, 2.24) is 0 Å². The van der Waals surface area contributed by atoms with Crippen LogP contribution < -0.4 is 19.1 Å². The average molecular weight is 524 g/mol. The second-order valence-corrected chi connectivity index (χ2v) is 8.30. The van der Waals surface area contributed by atoms with Crippen LogP contribution in [0.2, 0.25) is 0 Å². The van der Waals surface area contributed by atoms with Crippen LogP contribution in [-0.2, 0) is 9.59 Å². The Morgan fingerprint density at radius 1 is 0.842 bits per heavy atom. The number of carbonyl (C=O) groups is 2. The first-order valence-corrected chi connectivity index (χ1v) is 12.2. The Labute approximate surface area is 218 Å². The molecule has 0 aliphatic carbocycles. The SMILES string of the molecule is CCOc1cccc(C2/C(=C(\O)c3ccc(OCC)cc3OCC)C(=O)C(=O)N2c2ccc(F)c(F)c2)c1. The van der Waals surface area contributed by atoms with E-state index >= 15 is 0 Å². The second kappa shape index (κ2) is 11.3. The smallest absolute Gasteiger partial charge is 0.300 e. The number of amides is 1. The maximum Gasteiger partial charge on any atom is 0.300 e. The molecule has 0 aromatic heterocycles. The maximum absolute atomic E-state index is 14.2. The van der Waals surface area contributed by atoms with E-state index in [9.17, 15) is 23.5 Å². The zero-order chi connectivity index (χ0) is 27.4. The van der Waals surface area contributed by atoms with Gasteiger partial charge in [-0.15, -0.1) is 0 Å². The van der Waals surface area contributed by atoms with Gasteiger partial charge in [-0.05, 0) is 62.7 Å². The van der Waals surface area contributed by atoms with Gasteiger partial charge < -0.3 is 19.3 Å². The molecule has 1 unspecified atom stereocenters. The molecule has 1 aliphatic rings. The number of ketones is 1. The summed E-state index contributed by atoms with van der Waals surface area (Å²) in [6, 6.07) is 13.1. The van der Waals surface area contributed by atoms with Crippen molar-refractivity contribution < 1.29 is 37.7 Å². The summed E-state index contributed by atoms with van der Waals surface area (Å²) < 4.78 is 44.7. The topological polar surface area (TPSA) is 85.3 Å². The number of Topliss-reactive ketones (excluding diaryl/α,β-unsaturated/α-hetero) is 1. The van der Waals surface area contributed by atoms with Crippen LogP contribution in [0.5, 0.6) is 17.2 Å². The summed E-state index contributed by atoms with van der Waals surface area (Å²) in [7, 11) is 0. The number of halogens is 2. The molecule has 1 N–H and O–H groups in total. The number of carbonyl (C=O) groups excluding carboxylic acids is 2. The Morgan fingerprint density at radius 3 is 2.18 bits per heavy atom. The van der Waals surface area contributed by atoms with Crippen molar-refractivity contribution in [3.63, 3.8) is 0 Å². The molecule has 198 valence electrons. The van der Waals surface area contributed by atoms with E-state index < -0.39 is 35.1 Å². The van der Waals surface area contributed by atoms with Crippen molar-refractivity contribution >= 4 is 23.1 Å². The lowest BCUT2D eigenvalue weighted by atomic mass is 9.94. The molecule has 1 aliphatic heterocycles. The molecule has 38 heavy (non-hydrogen) atoms. The van der Waals surface area contributed by atoms with Crippen LogP contribution in [0.1, 0.15) is 37.9 Å². The number of anilines is 1. The van der Waals surface area contributed by atoms with Crippen molar-refractivity contribution in [2.45, 2.75) is 26.8 Å². The van der Waals surface area contributed by atoms with E-state index in [1.807, 2.05) is 6.92 Å². The number of rotatable bonds is 9. The van der Waals surface area contributed by atoms with Gasteiger partial charge in [0.15, 0.2) is 11.6 Å². The van der Waals surface area contributed by atoms with E-state index in [0.717, 1.165) is 17.0 Å². The van der Waals surface area contributed by atoms with E-state index in [1.165, 1.54) is 12.1 Å². The molecule has 1 heterocycles. The Kier molecular flexibility index (Phi) is 7.95. The largest absolute Gasteiger partial charge is 0.507 e. The lowest BCUT2D eigenvalue weighted by Gasteiger charge is -2.26. The fourth-order valence-corrected chi connectivity index (χ4v) is 4.36. The molecule has 7 nitrogen and oxygen atoms in total. The summed E-state index contributed by atoms with van der Waals surface area (Å²) in [6.07, 6.45) is 0. The highest BCUT2D eigenvalue weighted by Crippen LogP contribution is 2.44. The van der Waals surface area contributed by atoms with Crippen LogP contribution in [-0.4, -0.2) is 36.6 Å². The Morgan fingerprint density at radius 2 is 1.53 bits per heavy atom. The highest BCUT2D eigenvalue weighted by Gasteiger charge is 2.47. The zero-order valence-electron chi connectivity index (χ0n) is 21.2. The normalized spacial score (nSPS) is 16.6. The van der Waals surface area contributed by atoms with Crippen molar-refractivity contribution in [3.8, 4) is 17.2 Å². The highest BCUT2D eigenvalue weighted by atomic mass is 19.2. The Balaban J connectivity index is 1.96. The number of aliphatic hydroxyl groups excluding tert-OH is 1. The third-order valence-electron chi connectivity index (χ3n) is 5.93. The zero-order valence-corrected chi connectivity index (χ0v) is 21.2. The molecule has 3 aromatic carbocycles. The van der Waals surface area contributed by atoms with Gasteiger partial charge in [0.2, 0.25) is 0 Å². The summed E-state index contributed by atoms with van der Waals surface area (Å²) in [5.41, 5.74) is 0.307. The third kappa shape index (κ3) is 5.04. The van der Waals surface area contributed by atoms with Crippen molar-refractivity contribution in [2.75, 3.05) is 24.7 Å². The molecule has 1 amide bonds. The van der Waals surface area contributed by atoms with Crippen LogP contribution in [0, 0.1) is 11.6 Å². The van der Waals surface area contributed by atoms with Gasteiger partial charge in [0, 0.05) is 17.8 Å². The highest BCUT2D eigenvalue weighted by molar-refractivity contribution is 6.51. The molecule has 0 radical (unpaired) electrons. The minimum Gasteiger partial charge on any atom is -0.507 e. The van der Waals surface area contributed by atoms with Crippen LogP contribution in [0.3, 0.4) is 0 Å². The predicted molar refractivity (Wildman–Crippen MR) is 138 cm³/mol. The molecule has 1 saturated heterocycles. The van der Waals surface area contributed by atoms with E-state index in [4.69, 9.17) is 14.2 Å². The summed E-state index contributed by atoms with van der Waals surface area (Å²) in [4.78, 5) is 27.8. The van der Waals surface area contributed by atoms with Crippen molar-refractivity contribution in [1.29, 1.82) is 0 Å². The molecule has 1 fully saturated rings.